The van der Waals surface area contributed by atoms with Crippen molar-refractivity contribution in [3.05, 3.63) is 59.0 Å². The Morgan fingerprint density at radius 2 is 1.31 bits per heavy atom. The normalized spacial score (nSPS) is 34.6. The lowest BCUT2D eigenvalue weighted by atomic mass is 10.1. The number of aromatic nitrogens is 2. The van der Waals surface area contributed by atoms with E-state index in [1.807, 2.05) is 0 Å². The molecule has 4 fully saturated rings. The van der Waals surface area contributed by atoms with E-state index in [1.165, 1.54) is 9.13 Å². The van der Waals surface area contributed by atoms with E-state index < -0.39 is 78.7 Å². The number of hydrogen-bond acceptors (Lipinski definition) is 11. The summed E-state index contributed by atoms with van der Waals surface area (Å²) in [6.45, 7) is 14.6. The Morgan fingerprint density at radius 3 is 1.78 bits per heavy atom. The van der Waals surface area contributed by atoms with Crippen molar-refractivity contribution in [2.24, 2.45) is 0 Å². The maximum absolute atomic E-state index is 14.0. The van der Waals surface area contributed by atoms with Gasteiger partial charge in [-0.3, -0.25) is 9.13 Å². The van der Waals surface area contributed by atoms with Gasteiger partial charge in [0.2, 0.25) is 0 Å². The quantitative estimate of drug-likeness (QED) is 0.326. The van der Waals surface area contributed by atoms with Crippen LogP contribution in [0, 0.1) is 0 Å². The summed E-state index contributed by atoms with van der Waals surface area (Å²) in [5.74, 6) is -1.76. The van der Waals surface area contributed by atoms with Crippen molar-refractivity contribution >= 4 is 22.6 Å². The first-order chi connectivity index (χ1) is 21.3. The van der Waals surface area contributed by atoms with Crippen LogP contribution < -0.4 is 5.69 Å². The van der Waals surface area contributed by atoms with Gasteiger partial charge in [-0.1, -0.05) is 23.8 Å². The second-order valence-electron chi connectivity index (χ2n) is 12.6. The number of imidazole rings is 1. The molecule has 10 atom stereocenters. The third kappa shape index (κ3) is 6.29. The molecule has 0 radical (unpaired) electrons. The van der Waals surface area contributed by atoms with Crippen LogP contribution in [0.3, 0.4) is 0 Å². The standard InChI is InChI=1S/C31H41ClN2O11/c1-7-11-38-23-21(40-27-25(23)42-30(3,4)44-27)19(35)14-33-17-10-9-16(32)13-18(17)34(29(33)37)15-20(36)22-24(39-12-8-2)26-28(41-22)45-31(5,6)43-26/h7-10,13,19-28,35-36H,1-2,11-12,14-15H2,3-6H3. The number of aliphatic hydroxyl groups is 2. The van der Waals surface area contributed by atoms with E-state index in [0.29, 0.717) is 16.1 Å². The third-order valence-corrected chi connectivity index (χ3v) is 8.58. The molecule has 248 valence electrons. The van der Waals surface area contributed by atoms with Crippen molar-refractivity contribution < 1.29 is 48.1 Å². The van der Waals surface area contributed by atoms with Crippen molar-refractivity contribution in [3.63, 3.8) is 0 Å². The van der Waals surface area contributed by atoms with Crippen molar-refractivity contribution in [1.82, 2.24) is 9.13 Å². The first-order valence-electron chi connectivity index (χ1n) is 15.0. The van der Waals surface area contributed by atoms with Crippen LogP contribution in [0.1, 0.15) is 27.7 Å². The first kappa shape index (κ1) is 32.8. The lowest BCUT2D eigenvalue weighted by molar-refractivity contribution is -0.229. The summed E-state index contributed by atoms with van der Waals surface area (Å²) in [4.78, 5) is 14.0. The van der Waals surface area contributed by atoms with Gasteiger partial charge in [0.25, 0.3) is 0 Å². The summed E-state index contributed by atoms with van der Waals surface area (Å²) in [6, 6.07) is 4.98. The van der Waals surface area contributed by atoms with Crippen molar-refractivity contribution in [1.29, 1.82) is 0 Å². The van der Waals surface area contributed by atoms with Gasteiger partial charge in [0.15, 0.2) is 24.2 Å². The zero-order chi connectivity index (χ0) is 32.3. The van der Waals surface area contributed by atoms with Crippen LogP contribution in [0.4, 0.5) is 0 Å². The average Bonchev–Trinajstić information content (AvgIpc) is 3.70. The SMILES string of the molecule is C=CCOC1C(C(O)Cn2c(=O)n(CC(O)C3OC4OC(C)(C)OC4C3OCC=C)c3cc(Cl)ccc32)OC2OC(C)(C)OC21. The van der Waals surface area contributed by atoms with Gasteiger partial charge < -0.3 is 48.1 Å². The molecule has 0 amide bonds. The topological polar surface area (TPSA) is 141 Å². The van der Waals surface area contributed by atoms with Crippen LogP contribution in [0.2, 0.25) is 5.02 Å². The number of fused-ring (bicyclic) bond motifs is 3. The molecule has 10 unspecified atom stereocenters. The smallest absolute Gasteiger partial charge is 0.329 e. The number of ether oxygens (including phenoxy) is 8. The molecule has 0 bridgehead atoms. The van der Waals surface area contributed by atoms with Crippen molar-refractivity contribution in [3.8, 4) is 0 Å². The molecule has 1 aromatic carbocycles. The summed E-state index contributed by atoms with van der Waals surface area (Å²) in [7, 11) is 0. The zero-order valence-electron chi connectivity index (χ0n) is 25.7. The van der Waals surface area contributed by atoms with Gasteiger partial charge in [0.05, 0.1) is 37.3 Å². The highest BCUT2D eigenvalue weighted by molar-refractivity contribution is 6.31. The van der Waals surface area contributed by atoms with Crippen LogP contribution in [-0.4, -0.2) is 106 Å². The fraction of sp³-hybridized carbons (Fsp3) is 0.645. The number of benzene rings is 1. The lowest BCUT2D eigenvalue weighted by Gasteiger charge is -2.28. The largest absolute Gasteiger partial charge is 0.388 e. The van der Waals surface area contributed by atoms with Crippen LogP contribution >= 0.6 is 11.6 Å². The number of halogens is 1. The monoisotopic (exact) mass is 652 g/mol. The first-order valence-corrected chi connectivity index (χ1v) is 15.4. The molecule has 14 heteroatoms. The van der Waals surface area contributed by atoms with Gasteiger partial charge in [-0.2, -0.15) is 0 Å². The Morgan fingerprint density at radius 1 is 0.844 bits per heavy atom. The average molecular weight is 653 g/mol. The van der Waals surface area contributed by atoms with Gasteiger partial charge >= 0.3 is 5.69 Å². The molecular weight excluding hydrogens is 612 g/mol. The highest BCUT2D eigenvalue weighted by atomic mass is 35.5. The van der Waals surface area contributed by atoms with E-state index in [2.05, 4.69) is 13.2 Å². The minimum Gasteiger partial charge on any atom is -0.388 e. The number of hydrogen-bond donors (Lipinski definition) is 2. The third-order valence-electron chi connectivity index (χ3n) is 8.35. The van der Waals surface area contributed by atoms with Crippen molar-refractivity contribution in [2.75, 3.05) is 13.2 Å². The van der Waals surface area contributed by atoms with Gasteiger partial charge in [0, 0.05) is 5.02 Å². The minimum atomic E-state index is -1.20. The van der Waals surface area contributed by atoms with Gasteiger partial charge in [0.1, 0.15) is 48.8 Å². The predicted molar refractivity (Wildman–Crippen MR) is 160 cm³/mol. The Labute approximate surface area is 265 Å². The van der Waals surface area contributed by atoms with Crippen molar-refractivity contribution in [2.45, 2.75) is 114 Å². The highest BCUT2D eigenvalue weighted by Crippen LogP contribution is 2.41. The van der Waals surface area contributed by atoms with Crippen LogP contribution in [0.15, 0.2) is 48.3 Å². The van der Waals surface area contributed by atoms with Crippen LogP contribution in [-0.2, 0) is 51.0 Å². The zero-order valence-corrected chi connectivity index (χ0v) is 26.5. The Bertz CT molecular complexity index is 1470. The second kappa shape index (κ2) is 12.5. The van der Waals surface area contributed by atoms with Gasteiger partial charge in [-0.05, 0) is 45.9 Å². The van der Waals surface area contributed by atoms with Crippen LogP contribution in [0.5, 0.6) is 0 Å². The molecule has 4 aliphatic rings. The van der Waals surface area contributed by atoms with E-state index in [9.17, 15) is 15.0 Å². The minimum absolute atomic E-state index is 0.145. The van der Waals surface area contributed by atoms with E-state index >= 15 is 0 Å². The molecule has 6 rings (SSSR count). The molecule has 0 aliphatic carbocycles. The molecule has 2 aromatic rings. The van der Waals surface area contributed by atoms with E-state index in [4.69, 9.17) is 49.5 Å². The highest BCUT2D eigenvalue weighted by Gasteiger charge is 2.58. The Kier molecular flexibility index (Phi) is 9.09. The molecule has 0 saturated carbocycles. The molecule has 45 heavy (non-hydrogen) atoms. The second-order valence-corrected chi connectivity index (χ2v) is 13.0. The summed E-state index contributed by atoms with van der Waals surface area (Å²) < 4.78 is 50.6. The van der Waals surface area contributed by atoms with E-state index in [1.54, 1.807) is 58.0 Å². The molecule has 0 spiro atoms. The fourth-order valence-corrected chi connectivity index (χ4v) is 6.76. The molecule has 13 nitrogen and oxygen atoms in total. The molecular formula is C31H41ClN2O11. The van der Waals surface area contributed by atoms with Crippen LogP contribution in [0.25, 0.3) is 11.0 Å². The molecule has 4 aliphatic heterocycles. The fourth-order valence-electron chi connectivity index (χ4n) is 6.59. The Balaban J connectivity index is 1.25. The summed E-state index contributed by atoms with van der Waals surface area (Å²) in [6.07, 6.45) is -4.95. The molecule has 1 aromatic heterocycles. The van der Waals surface area contributed by atoms with Gasteiger partial charge in [-0.15, -0.1) is 13.2 Å². The summed E-state index contributed by atoms with van der Waals surface area (Å²) in [5.41, 5.74) is 0.491. The number of aliphatic hydroxyl groups excluding tert-OH is 2. The maximum atomic E-state index is 14.0. The number of rotatable bonds is 12. The number of nitrogens with zero attached hydrogens (tertiary/aromatic N) is 2. The molecule has 5 heterocycles. The molecule has 4 saturated heterocycles. The maximum Gasteiger partial charge on any atom is 0.329 e. The van der Waals surface area contributed by atoms with Gasteiger partial charge in [-0.25, -0.2) is 4.79 Å². The van der Waals surface area contributed by atoms with E-state index in [-0.39, 0.29) is 26.3 Å². The Hall–Kier alpha value is -2.14. The lowest BCUT2D eigenvalue weighted by Crippen LogP contribution is -2.46. The van der Waals surface area contributed by atoms with E-state index in [0.717, 1.165) is 0 Å². The summed E-state index contributed by atoms with van der Waals surface area (Å²) in [5, 5.41) is 23.3. The predicted octanol–water partition coefficient (Wildman–Crippen LogP) is 2.07. The molecule has 2 N–H and O–H groups in total. The summed E-state index contributed by atoms with van der Waals surface area (Å²) >= 11 is 6.35.